The fourth-order valence-electron chi connectivity index (χ4n) is 4.51. The predicted octanol–water partition coefficient (Wildman–Crippen LogP) is 5.87. The normalized spacial score (nSPS) is 17.9. The molecule has 1 unspecified atom stereocenters. The Morgan fingerprint density at radius 2 is 1.92 bits per heavy atom. The summed E-state index contributed by atoms with van der Waals surface area (Å²) in [6.45, 7) is 10.3. The summed E-state index contributed by atoms with van der Waals surface area (Å²) in [4.78, 5) is 30.1. The smallest absolute Gasteiger partial charge is 0.420 e. The van der Waals surface area contributed by atoms with Crippen LogP contribution >= 0.6 is 11.3 Å². The Balaban J connectivity index is 1.72. The van der Waals surface area contributed by atoms with Crippen molar-refractivity contribution in [2.45, 2.75) is 95.0 Å². The van der Waals surface area contributed by atoms with Crippen molar-refractivity contribution in [3.63, 3.8) is 0 Å². The van der Waals surface area contributed by atoms with Crippen LogP contribution in [-0.4, -0.2) is 32.0 Å². The van der Waals surface area contributed by atoms with Gasteiger partial charge < -0.3 is 15.2 Å². The maximum Gasteiger partial charge on any atom is 0.420 e. The Morgan fingerprint density at radius 3 is 2.51 bits per heavy atom. The molecule has 2 aliphatic carbocycles. The number of aromatic nitrogens is 1. The standard InChI is InChI=1S/C26H36N4O5S2/c1-15(16-10-11-16)18-13-12-17-8-7-9-19(17)21(18)28-23(31)29-37(34,30-24(32)35-25(2,3)4)20-14-27-22(36-20)26(5,6)33/h12-16,33H,7-11H2,1-6H3,(H2,28,29,30,31,32,34)/t15-,37?/m0/s1. The number of carbonyl (C=O) groups excluding carboxylic acids is 2. The number of hydrogen-bond donors (Lipinski definition) is 3. The number of hydrogen-bond acceptors (Lipinski definition) is 7. The average Bonchev–Trinajstić information content (AvgIpc) is 3.26. The van der Waals surface area contributed by atoms with Crippen LogP contribution in [0.25, 0.3) is 0 Å². The Hall–Kier alpha value is -2.50. The second-order valence-electron chi connectivity index (χ2n) is 11.3. The third kappa shape index (κ3) is 6.50. The number of urea groups is 1. The highest BCUT2D eigenvalue weighted by Crippen LogP contribution is 2.46. The van der Waals surface area contributed by atoms with E-state index < -0.39 is 33.2 Å². The number of nitrogens with zero attached hydrogens (tertiary/aromatic N) is 2. The highest BCUT2D eigenvalue weighted by atomic mass is 32.2. The lowest BCUT2D eigenvalue weighted by Crippen LogP contribution is -2.36. The molecule has 1 fully saturated rings. The van der Waals surface area contributed by atoms with Crippen molar-refractivity contribution in [2.75, 3.05) is 5.32 Å². The van der Waals surface area contributed by atoms with Gasteiger partial charge in [0, 0.05) is 5.69 Å². The number of anilines is 1. The molecule has 0 aliphatic heterocycles. The number of fused-ring (bicyclic) bond motifs is 1. The van der Waals surface area contributed by atoms with Gasteiger partial charge in [-0.3, -0.25) is 0 Å². The number of benzene rings is 1. The van der Waals surface area contributed by atoms with Gasteiger partial charge in [0.1, 0.15) is 20.4 Å². The molecule has 0 spiro atoms. The van der Waals surface area contributed by atoms with Gasteiger partial charge >= 0.3 is 12.1 Å². The summed E-state index contributed by atoms with van der Waals surface area (Å²) in [6.07, 6.45) is 5.42. The minimum absolute atomic E-state index is 0.0375. The molecular formula is C26H36N4O5S2. The lowest BCUT2D eigenvalue weighted by atomic mass is 9.91. The second-order valence-corrected chi connectivity index (χ2v) is 14.5. The van der Waals surface area contributed by atoms with Crippen molar-refractivity contribution in [3.8, 4) is 0 Å². The summed E-state index contributed by atoms with van der Waals surface area (Å²) in [5.74, 6) is 0.865. The van der Waals surface area contributed by atoms with E-state index in [1.165, 1.54) is 24.6 Å². The van der Waals surface area contributed by atoms with E-state index in [0.29, 0.717) is 5.92 Å². The first-order valence-corrected chi connectivity index (χ1v) is 14.9. The fraction of sp³-hybridized carbons (Fsp3) is 0.577. The first kappa shape index (κ1) is 27.5. The van der Waals surface area contributed by atoms with E-state index in [9.17, 15) is 18.9 Å². The molecule has 1 saturated carbocycles. The van der Waals surface area contributed by atoms with Gasteiger partial charge in [0.05, 0.1) is 6.20 Å². The summed E-state index contributed by atoms with van der Waals surface area (Å²) < 4.78 is 25.6. The first-order valence-electron chi connectivity index (χ1n) is 12.6. The minimum atomic E-state index is -3.82. The van der Waals surface area contributed by atoms with Crippen molar-refractivity contribution < 1.29 is 23.6 Å². The molecule has 1 aromatic heterocycles. The molecule has 4 rings (SSSR count). The van der Waals surface area contributed by atoms with E-state index in [-0.39, 0.29) is 15.1 Å². The molecule has 0 radical (unpaired) electrons. The third-order valence-electron chi connectivity index (χ3n) is 6.48. The van der Waals surface area contributed by atoms with Gasteiger partial charge in [-0.25, -0.2) is 23.5 Å². The van der Waals surface area contributed by atoms with Crippen LogP contribution in [0, 0.1) is 5.92 Å². The van der Waals surface area contributed by atoms with Gasteiger partial charge in [-0.2, -0.15) is 0 Å². The van der Waals surface area contributed by atoms with E-state index in [1.54, 1.807) is 34.6 Å². The molecule has 202 valence electrons. The number of rotatable bonds is 6. The highest BCUT2D eigenvalue weighted by Gasteiger charge is 2.33. The number of carbonyl (C=O) groups is 2. The van der Waals surface area contributed by atoms with Gasteiger partial charge in [0.15, 0.2) is 9.92 Å². The van der Waals surface area contributed by atoms with E-state index in [0.717, 1.165) is 47.4 Å². The van der Waals surface area contributed by atoms with Crippen LogP contribution in [0.1, 0.15) is 88.4 Å². The van der Waals surface area contributed by atoms with Gasteiger partial charge in [-0.05, 0) is 95.2 Å². The maximum atomic E-state index is 14.0. The first-order chi connectivity index (χ1) is 17.2. The van der Waals surface area contributed by atoms with Crippen molar-refractivity contribution in [1.82, 2.24) is 9.71 Å². The zero-order chi connectivity index (χ0) is 27.2. The van der Waals surface area contributed by atoms with Crippen LogP contribution in [0.2, 0.25) is 0 Å². The van der Waals surface area contributed by atoms with Crippen LogP contribution in [-0.2, 0) is 33.1 Å². The van der Waals surface area contributed by atoms with E-state index in [2.05, 4.69) is 38.4 Å². The van der Waals surface area contributed by atoms with Crippen LogP contribution in [0.3, 0.4) is 0 Å². The molecule has 11 heteroatoms. The number of aliphatic hydroxyl groups is 1. The van der Waals surface area contributed by atoms with Crippen molar-refractivity contribution in [2.24, 2.45) is 10.3 Å². The molecule has 0 saturated heterocycles. The monoisotopic (exact) mass is 548 g/mol. The van der Waals surface area contributed by atoms with Gasteiger partial charge in [0.25, 0.3) is 0 Å². The fourth-order valence-corrected chi connectivity index (χ4v) is 7.06. The van der Waals surface area contributed by atoms with Crippen molar-refractivity contribution in [3.05, 3.63) is 40.0 Å². The lowest BCUT2D eigenvalue weighted by molar-refractivity contribution is 0.0571. The zero-order valence-electron chi connectivity index (χ0n) is 22.2. The SMILES string of the molecule is C[C@H](c1ccc2c(c1NC(=O)N=S(=O)(NC(=O)OC(C)(C)C)c1cnc(C(C)(C)O)s1)CCC2)C1CC1. The molecule has 0 bridgehead atoms. The molecular weight excluding hydrogens is 512 g/mol. The Morgan fingerprint density at radius 1 is 1.22 bits per heavy atom. The number of thiazole rings is 1. The molecule has 37 heavy (non-hydrogen) atoms. The number of amides is 3. The summed E-state index contributed by atoms with van der Waals surface area (Å²) in [6, 6.07) is 3.40. The maximum absolute atomic E-state index is 14.0. The van der Waals surface area contributed by atoms with Crippen LogP contribution < -0.4 is 10.0 Å². The van der Waals surface area contributed by atoms with Crippen LogP contribution in [0.15, 0.2) is 26.9 Å². The molecule has 2 aromatic rings. The lowest BCUT2D eigenvalue weighted by Gasteiger charge is -2.21. The van der Waals surface area contributed by atoms with Gasteiger partial charge in [-0.15, -0.1) is 15.7 Å². The molecule has 3 N–H and O–H groups in total. The highest BCUT2D eigenvalue weighted by molar-refractivity contribution is 7.94. The van der Waals surface area contributed by atoms with Crippen LogP contribution in [0.5, 0.6) is 0 Å². The largest absolute Gasteiger partial charge is 0.443 e. The quantitative estimate of drug-likeness (QED) is 0.414. The molecule has 2 atom stereocenters. The molecule has 2 aliphatic rings. The summed E-state index contributed by atoms with van der Waals surface area (Å²) in [7, 11) is -3.82. The Bertz CT molecular complexity index is 1330. The van der Waals surface area contributed by atoms with Gasteiger partial charge in [0.2, 0.25) is 0 Å². The average molecular weight is 549 g/mol. The second kappa shape index (κ2) is 9.99. The molecule has 3 amide bonds. The number of nitrogens with one attached hydrogen (secondary N) is 2. The topological polar surface area (TPSA) is 130 Å². The molecule has 1 heterocycles. The zero-order valence-corrected chi connectivity index (χ0v) is 23.8. The van der Waals surface area contributed by atoms with E-state index >= 15 is 0 Å². The minimum Gasteiger partial charge on any atom is -0.443 e. The summed E-state index contributed by atoms with van der Waals surface area (Å²) >= 11 is 0.915. The number of aryl methyl sites for hydroxylation is 1. The van der Waals surface area contributed by atoms with Crippen molar-refractivity contribution >= 4 is 39.1 Å². The van der Waals surface area contributed by atoms with Crippen LogP contribution in [0.4, 0.5) is 15.3 Å². The Labute approximate surface area is 222 Å². The predicted molar refractivity (Wildman–Crippen MR) is 144 cm³/mol. The van der Waals surface area contributed by atoms with E-state index in [1.807, 2.05) is 0 Å². The van der Waals surface area contributed by atoms with E-state index in [4.69, 9.17) is 4.74 Å². The molecule has 9 nitrogen and oxygen atoms in total. The summed E-state index contributed by atoms with van der Waals surface area (Å²) in [5, 5.41) is 13.5. The van der Waals surface area contributed by atoms with Crippen molar-refractivity contribution in [1.29, 1.82) is 0 Å². The Kier molecular flexibility index (Phi) is 7.44. The van der Waals surface area contributed by atoms with Gasteiger partial charge in [-0.1, -0.05) is 19.1 Å². The molecule has 1 aromatic carbocycles. The summed E-state index contributed by atoms with van der Waals surface area (Å²) in [5.41, 5.74) is 1.95. The number of ether oxygens (including phenoxy) is 1. The third-order valence-corrected chi connectivity index (χ3v) is 10.0.